The summed E-state index contributed by atoms with van der Waals surface area (Å²) in [6, 6.07) is 3.32. The Morgan fingerprint density at radius 1 is 1.15 bits per heavy atom. The molecule has 2 amide bonds. The summed E-state index contributed by atoms with van der Waals surface area (Å²) >= 11 is 1.64. The molecule has 0 aliphatic carbocycles. The molecule has 3 aliphatic heterocycles. The number of methoxy groups -OCH3 is 2. The van der Waals surface area contributed by atoms with E-state index in [1.54, 1.807) is 23.8 Å². The van der Waals surface area contributed by atoms with Crippen LogP contribution >= 0.6 is 11.8 Å². The number of ether oxygens (including phenoxy) is 2. The number of thioether (sulfide) groups is 1. The van der Waals surface area contributed by atoms with E-state index in [4.69, 9.17) is 9.47 Å². The molecule has 8 heteroatoms. The molecule has 3 aliphatic rings. The van der Waals surface area contributed by atoms with Crippen molar-refractivity contribution >= 4 is 23.6 Å². The van der Waals surface area contributed by atoms with Gasteiger partial charge < -0.3 is 24.2 Å². The van der Waals surface area contributed by atoms with Crippen molar-refractivity contribution in [1.29, 1.82) is 0 Å². The number of piperazine rings is 1. The largest absolute Gasteiger partial charge is 0.493 e. The second-order valence-corrected chi connectivity index (χ2v) is 7.92. The Balaban J connectivity index is 1.63. The molecule has 1 aromatic rings. The Morgan fingerprint density at radius 2 is 1.88 bits per heavy atom. The van der Waals surface area contributed by atoms with Crippen molar-refractivity contribution in [3.05, 3.63) is 23.3 Å². The van der Waals surface area contributed by atoms with Crippen LogP contribution < -0.4 is 9.47 Å². The molecule has 26 heavy (non-hydrogen) atoms. The number of rotatable bonds is 3. The van der Waals surface area contributed by atoms with Crippen LogP contribution in [0.5, 0.6) is 11.5 Å². The number of hydrogen-bond donors (Lipinski definition) is 0. The number of nitrogens with zero attached hydrogens (tertiary/aromatic N) is 3. The average molecular weight is 377 g/mol. The van der Waals surface area contributed by atoms with E-state index in [2.05, 4.69) is 11.9 Å². The van der Waals surface area contributed by atoms with Crippen LogP contribution in [0.3, 0.4) is 0 Å². The molecule has 0 N–H and O–H groups in total. The third-order valence-electron chi connectivity index (χ3n) is 5.39. The third kappa shape index (κ3) is 2.54. The van der Waals surface area contributed by atoms with E-state index in [1.165, 1.54) is 7.11 Å². The lowest BCUT2D eigenvalue weighted by Gasteiger charge is -2.35. The number of hydrogen-bond acceptors (Lipinski definition) is 6. The summed E-state index contributed by atoms with van der Waals surface area (Å²) in [5.41, 5.74) is 1.44. The molecule has 4 rings (SSSR count). The van der Waals surface area contributed by atoms with Crippen LogP contribution in [0, 0.1) is 0 Å². The molecule has 2 atom stereocenters. The Hall–Kier alpha value is -1.93. The molecular weight excluding hydrogens is 354 g/mol. The van der Waals surface area contributed by atoms with Crippen molar-refractivity contribution in [1.82, 2.24) is 14.7 Å². The molecule has 0 radical (unpaired) electrons. The quantitative estimate of drug-likeness (QED) is 0.785. The summed E-state index contributed by atoms with van der Waals surface area (Å²) in [7, 11) is 5.15. The third-order valence-corrected chi connectivity index (χ3v) is 6.70. The molecule has 0 saturated carbocycles. The maximum absolute atomic E-state index is 13.2. The Kier molecular flexibility index (Phi) is 4.48. The van der Waals surface area contributed by atoms with E-state index in [0.29, 0.717) is 35.9 Å². The first kappa shape index (κ1) is 17.5. The lowest BCUT2D eigenvalue weighted by Crippen LogP contribution is -2.53. The fourth-order valence-corrected chi connectivity index (χ4v) is 5.37. The summed E-state index contributed by atoms with van der Waals surface area (Å²) in [6.07, 6.45) is 0. The van der Waals surface area contributed by atoms with Gasteiger partial charge in [-0.25, -0.2) is 0 Å². The predicted molar refractivity (Wildman–Crippen MR) is 98.8 cm³/mol. The lowest BCUT2D eigenvalue weighted by atomic mass is 10.1. The van der Waals surface area contributed by atoms with Crippen LogP contribution in [-0.2, 0) is 4.79 Å². The van der Waals surface area contributed by atoms with Crippen molar-refractivity contribution in [3.63, 3.8) is 0 Å². The monoisotopic (exact) mass is 377 g/mol. The van der Waals surface area contributed by atoms with Gasteiger partial charge in [-0.2, -0.15) is 0 Å². The van der Waals surface area contributed by atoms with Crippen LogP contribution in [0.2, 0.25) is 0 Å². The minimum absolute atomic E-state index is 0.0557. The zero-order valence-electron chi connectivity index (χ0n) is 15.2. The highest BCUT2D eigenvalue weighted by atomic mass is 32.2. The highest BCUT2D eigenvalue weighted by molar-refractivity contribution is 7.99. The van der Waals surface area contributed by atoms with E-state index in [0.717, 1.165) is 18.7 Å². The average Bonchev–Trinajstić information content (AvgIpc) is 3.21. The number of carbonyl (C=O) groups excluding carboxylic acids is 2. The van der Waals surface area contributed by atoms with Crippen molar-refractivity contribution in [2.45, 2.75) is 11.4 Å². The SMILES string of the molecule is COc1ccc2c(c1OC)C(=O)N1[C@@H]2SC[C@H]1C(=O)N1CCN(C)CC1. The summed E-state index contributed by atoms with van der Waals surface area (Å²) in [5, 5.41) is -0.126. The van der Waals surface area contributed by atoms with E-state index >= 15 is 0 Å². The fraction of sp³-hybridized carbons (Fsp3) is 0.556. The summed E-state index contributed by atoms with van der Waals surface area (Å²) in [6.45, 7) is 3.17. The van der Waals surface area contributed by atoms with Gasteiger partial charge in [-0.3, -0.25) is 9.59 Å². The topological polar surface area (TPSA) is 62.3 Å². The molecule has 2 saturated heterocycles. The number of likely N-dealkylation sites (N-methyl/N-ethyl adjacent to an activating group) is 1. The van der Waals surface area contributed by atoms with Gasteiger partial charge >= 0.3 is 0 Å². The van der Waals surface area contributed by atoms with Crippen molar-refractivity contribution in [2.24, 2.45) is 0 Å². The minimum atomic E-state index is -0.413. The summed E-state index contributed by atoms with van der Waals surface area (Å²) in [5.74, 6) is 1.54. The summed E-state index contributed by atoms with van der Waals surface area (Å²) < 4.78 is 10.8. The van der Waals surface area contributed by atoms with Gasteiger partial charge in [-0.05, 0) is 13.1 Å². The van der Waals surface area contributed by atoms with Gasteiger partial charge in [-0.15, -0.1) is 11.8 Å². The van der Waals surface area contributed by atoms with Gasteiger partial charge in [0.25, 0.3) is 5.91 Å². The number of carbonyl (C=O) groups is 2. The van der Waals surface area contributed by atoms with Crippen molar-refractivity contribution in [3.8, 4) is 11.5 Å². The predicted octanol–water partition coefficient (Wildman–Crippen LogP) is 1.05. The first-order valence-electron chi connectivity index (χ1n) is 8.73. The Labute approximate surface area is 157 Å². The van der Waals surface area contributed by atoms with E-state index in [-0.39, 0.29) is 17.2 Å². The maximum Gasteiger partial charge on any atom is 0.260 e. The first-order valence-corrected chi connectivity index (χ1v) is 9.78. The van der Waals surface area contributed by atoms with Gasteiger partial charge in [0.1, 0.15) is 11.4 Å². The smallest absolute Gasteiger partial charge is 0.260 e. The van der Waals surface area contributed by atoms with E-state index < -0.39 is 6.04 Å². The van der Waals surface area contributed by atoms with Crippen LogP contribution in [0.1, 0.15) is 21.3 Å². The summed E-state index contributed by atoms with van der Waals surface area (Å²) in [4.78, 5) is 32.1. The highest BCUT2D eigenvalue weighted by Crippen LogP contribution is 2.52. The zero-order chi connectivity index (χ0) is 18.4. The molecule has 0 bridgehead atoms. The van der Waals surface area contributed by atoms with Gasteiger partial charge in [-0.1, -0.05) is 6.07 Å². The zero-order valence-corrected chi connectivity index (χ0v) is 16.0. The molecule has 0 aromatic heterocycles. The number of benzene rings is 1. The molecular formula is C18H23N3O4S. The molecule has 2 fully saturated rings. The molecule has 0 spiro atoms. The van der Waals surface area contributed by atoms with Gasteiger partial charge in [0.2, 0.25) is 5.91 Å². The first-order chi connectivity index (χ1) is 12.6. The highest BCUT2D eigenvalue weighted by Gasteiger charge is 2.51. The van der Waals surface area contributed by atoms with Crippen molar-refractivity contribution in [2.75, 3.05) is 53.2 Å². The molecule has 0 unspecified atom stereocenters. The van der Waals surface area contributed by atoms with Crippen LogP contribution in [0.25, 0.3) is 0 Å². The van der Waals surface area contributed by atoms with Gasteiger partial charge in [0.15, 0.2) is 11.5 Å². The number of fused-ring (bicyclic) bond motifs is 3. The van der Waals surface area contributed by atoms with Crippen LogP contribution in [0.4, 0.5) is 0 Å². The standard InChI is InChI=1S/C18H23N3O4S/c1-19-6-8-20(9-7-19)16(22)12-10-26-18-11-4-5-13(24-2)15(25-3)14(11)17(23)21(12)18/h4-5,12,18H,6-10H2,1-3H3/t12-,18+/m0/s1. The van der Waals surface area contributed by atoms with Gasteiger partial charge in [0, 0.05) is 37.5 Å². The minimum Gasteiger partial charge on any atom is -0.493 e. The Bertz CT molecular complexity index is 748. The fourth-order valence-electron chi connectivity index (χ4n) is 3.92. The molecule has 140 valence electrons. The van der Waals surface area contributed by atoms with E-state index in [9.17, 15) is 9.59 Å². The van der Waals surface area contributed by atoms with Gasteiger partial charge in [0.05, 0.1) is 19.8 Å². The van der Waals surface area contributed by atoms with Crippen LogP contribution in [0.15, 0.2) is 12.1 Å². The lowest BCUT2D eigenvalue weighted by molar-refractivity contribution is -0.136. The van der Waals surface area contributed by atoms with Crippen molar-refractivity contribution < 1.29 is 19.1 Å². The second-order valence-electron chi connectivity index (χ2n) is 6.81. The number of amides is 2. The molecule has 1 aromatic carbocycles. The normalized spacial score (nSPS) is 25.3. The Morgan fingerprint density at radius 3 is 2.54 bits per heavy atom. The molecule has 3 heterocycles. The maximum atomic E-state index is 13.2. The second kappa shape index (κ2) is 6.66. The van der Waals surface area contributed by atoms with E-state index in [1.807, 2.05) is 17.0 Å². The molecule has 7 nitrogen and oxygen atoms in total. The van der Waals surface area contributed by atoms with Crippen LogP contribution in [-0.4, -0.2) is 85.8 Å².